The quantitative estimate of drug-likeness (QED) is 0.880. The second-order valence-electron chi connectivity index (χ2n) is 4.18. The van der Waals surface area contributed by atoms with Crippen molar-refractivity contribution in [2.75, 3.05) is 16.6 Å². The molecule has 0 spiro atoms. The van der Waals surface area contributed by atoms with E-state index in [9.17, 15) is 8.42 Å². The van der Waals surface area contributed by atoms with Gasteiger partial charge in [0, 0.05) is 18.4 Å². The van der Waals surface area contributed by atoms with Crippen molar-refractivity contribution in [1.29, 1.82) is 0 Å². The molecule has 2 rings (SSSR count). The Balaban J connectivity index is 2.33. The molecule has 6 nitrogen and oxygen atoms in total. The Labute approximate surface area is 118 Å². The van der Waals surface area contributed by atoms with Crippen LogP contribution in [0.4, 0.5) is 11.4 Å². The van der Waals surface area contributed by atoms with Crippen LogP contribution in [0.5, 0.6) is 0 Å². The molecule has 0 aromatic carbocycles. The predicted octanol–water partition coefficient (Wildman–Crippen LogP) is 2.02. The zero-order valence-electron chi connectivity index (χ0n) is 11.3. The first kappa shape index (κ1) is 14.3. The van der Waals surface area contributed by atoms with Crippen molar-refractivity contribution in [1.82, 2.24) is 9.97 Å². The largest absolute Gasteiger partial charge is 0.383 e. The molecule has 106 valence electrons. The first-order valence-corrected chi connectivity index (χ1v) is 7.65. The molecule has 0 aliphatic heterocycles. The lowest BCUT2D eigenvalue weighted by Crippen LogP contribution is -2.17. The maximum absolute atomic E-state index is 12.3. The maximum atomic E-state index is 12.3. The molecule has 0 fully saturated rings. The van der Waals surface area contributed by atoms with Crippen molar-refractivity contribution in [3.05, 3.63) is 42.4 Å². The van der Waals surface area contributed by atoms with Crippen LogP contribution in [0.25, 0.3) is 0 Å². The maximum Gasteiger partial charge on any atom is 0.281 e. The Morgan fingerprint density at radius 3 is 2.65 bits per heavy atom. The number of anilines is 2. The van der Waals surface area contributed by atoms with Crippen molar-refractivity contribution >= 4 is 21.4 Å². The van der Waals surface area contributed by atoms with Gasteiger partial charge in [0.15, 0.2) is 5.03 Å². The first-order chi connectivity index (χ1) is 9.53. The van der Waals surface area contributed by atoms with Gasteiger partial charge in [-0.05, 0) is 38.1 Å². The van der Waals surface area contributed by atoms with Crippen LogP contribution in [0, 0.1) is 6.92 Å². The molecule has 0 saturated heterocycles. The molecular formula is C13H16N4O2S. The van der Waals surface area contributed by atoms with E-state index in [0.717, 1.165) is 5.69 Å². The summed E-state index contributed by atoms with van der Waals surface area (Å²) in [5, 5.41) is 2.95. The number of pyridine rings is 2. The summed E-state index contributed by atoms with van der Waals surface area (Å²) in [5.74, 6) is 0. The Hall–Kier alpha value is -2.15. The van der Waals surface area contributed by atoms with E-state index < -0.39 is 10.0 Å². The Morgan fingerprint density at radius 1 is 1.20 bits per heavy atom. The van der Waals surface area contributed by atoms with E-state index in [1.807, 2.05) is 13.8 Å². The fourth-order valence-corrected chi connectivity index (χ4v) is 2.82. The third-order valence-corrected chi connectivity index (χ3v) is 3.90. The summed E-state index contributed by atoms with van der Waals surface area (Å²) < 4.78 is 27.1. The van der Waals surface area contributed by atoms with Gasteiger partial charge in [0.1, 0.15) is 0 Å². The molecule has 0 amide bonds. The molecule has 20 heavy (non-hydrogen) atoms. The molecule has 0 aliphatic rings. The zero-order chi connectivity index (χ0) is 14.6. The smallest absolute Gasteiger partial charge is 0.281 e. The van der Waals surface area contributed by atoms with Gasteiger partial charge in [0.2, 0.25) is 0 Å². The van der Waals surface area contributed by atoms with Gasteiger partial charge < -0.3 is 5.32 Å². The molecule has 2 N–H and O–H groups in total. The van der Waals surface area contributed by atoms with E-state index in [-0.39, 0.29) is 5.03 Å². The molecule has 0 bridgehead atoms. The third-order valence-electron chi connectivity index (χ3n) is 2.56. The standard InChI is InChI=1S/C13H16N4O2S/c1-3-14-12-5-4-8-15-13(12)20(18,19)17-11-7-6-10(2)16-9-11/h4-9,14,17H,3H2,1-2H3. The number of nitrogens with zero attached hydrogens (tertiary/aromatic N) is 2. The van der Waals surface area contributed by atoms with Gasteiger partial charge >= 0.3 is 0 Å². The van der Waals surface area contributed by atoms with Crippen molar-refractivity contribution in [3.63, 3.8) is 0 Å². The number of aromatic nitrogens is 2. The van der Waals surface area contributed by atoms with Crippen LogP contribution >= 0.6 is 0 Å². The lowest BCUT2D eigenvalue weighted by atomic mass is 10.4. The lowest BCUT2D eigenvalue weighted by molar-refractivity contribution is 0.598. The van der Waals surface area contributed by atoms with Gasteiger partial charge in [-0.25, -0.2) is 4.98 Å². The van der Waals surface area contributed by atoms with Crippen molar-refractivity contribution < 1.29 is 8.42 Å². The van der Waals surface area contributed by atoms with Gasteiger partial charge in [0.25, 0.3) is 10.0 Å². The number of aryl methyl sites for hydroxylation is 1. The summed E-state index contributed by atoms with van der Waals surface area (Å²) in [5.41, 5.74) is 1.70. The summed E-state index contributed by atoms with van der Waals surface area (Å²) >= 11 is 0. The summed E-state index contributed by atoms with van der Waals surface area (Å²) in [6.07, 6.45) is 2.92. The number of nitrogens with one attached hydrogen (secondary N) is 2. The molecule has 2 heterocycles. The van der Waals surface area contributed by atoms with Crippen LogP contribution in [0.1, 0.15) is 12.6 Å². The lowest BCUT2D eigenvalue weighted by Gasteiger charge is -2.11. The van der Waals surface area contributed by atoms with Crippen LogP contribution in [0.2, 0.25) is 0 Å². The highest BCUT2D eigenvalue weighted by Crippen LogP contribution is 2.20. The molecular weight excluding hydrogens is 276 g/mol. The fourth-order valence-electron chi connectivity index (χ4n) is 1.66. The molecule has 0 saturated carbocycles. The monoisotopic (exact) mass is 292 g/mol. The minimum atomic E-state index is -3.74. The number of rotatable bonds is 5. The van der Waals surface area contributed by atoms with E-state index in [1.165, 1.54) is 12.4 Å². The predicted molar refractivity (Wildman–Crippen MR) is 78.2 cm³/mol. The minimum absolute atomic E-state index is 0.0255. The van der Waals surface area contributed by atoms with Gasteiger partial charge in [-0.2, -0.15) is 8.42 Å². The Morgan fingerprint density at radius 2 is 2.00 bits per heavy atom. The molecule has 0 atom stereocenters. The average Bonchev–Trinajstić information content (AvgIpc) is 2.42. The highest BCUT2D eigenvalue weighted by molar-refractivity contribution is 7.92. The summed E-state index contributed by atoms with van der Waals surface area (Å²) in [6.45, 7) is 4.33. The van der Waals surface area contributed by atoms with E-state index in [4.69, 9.17) is 0 Å². The number of sulfonamides is 1. The van der Waals surface area contributed by atoms with E-state index >= 15 is 0 Å². The second kappa shape index (κ2) is 5.87. The van der Waals surface area contributed by atoms with Gasteiger partial charge in [-0.1, -0.05) is 0 Å². The highest BCUT2D eigenvalue weighted by Gasteiger charge is 2.20. The first-order valence-electron chi connectivity index (χ1n) is 6.17. The second-order valence-corrected chi connectivity index (χ2v) is 5.78. The summed E-state index contributed by atoms with van der Waals surface area (Å²) in [7, 11) is -3.74. The highest BCUT2D eigenvalue weighted by atomic mass is 32.2. The molecule has 0 aliphatic carbocycles. The number of hydrogen-bond donors (Lipinski definition) is 2. The average molecular weight is 292 g/mol. The molecule has 0 radical (unpaired) electrons. The van der Waals surface area contributed by atoms with Crippen molar-refractivity contribution in [2.24, 2.45) is 0 Å². The van der Waals surface area contributed by atoms with Crippen LogP contribution in [-0.2, 0) is 10.0 Å². The topological polar surface area (TPSA) is 84.0 Å². The minimum Gasteiger partial charge on any atom is -0.383 e. The van der Waals surface area contributed by atoms with Crippen LogP contribution < -0.4 is 10.0 Å². The molecule has 0 unspecified atom stereocenters. The van der Waals surface area contributed by atoms with Crippen LogP contribution in [0.3, 0.4) is 0 Å². The van der Waals surface area contributed by atoms with E-state index in [2.05, 4.69) is 20.0 Å². The van der Waals surface area contributed by atoms with Crippen molar-refractivity contribution in [2.45, 2.75) is 18.9 Å². The SMILES string of the molecule is CCNc1cccnc1S(=O)(=O)Nc1ccc(C)nc1. The van der Waals surface area contributed by atoms with E-state index in [1.54, 1.807) is 24.3 Å². The van der Waals surface area contributed by atoms with Crippen LogP contribution in [0.15, 0.2) is 41.7 Å². The summed E-state index contributed by atoms with van der Waals surface area (Å²) in [4.78, 5) is 8.00. The zero-order valence-corrected chi connectivity index (χ0v) is 12.1. The fraction of sp³-hybridized carbons (Fsp3) is 0.231. The Kier molecular flexibility index (Phi) is 4.19. The van der Waals surface area contributed by atoms with Gasteiger partial charge in [-0.15, -0.1) is 0 Å². The third kappa shape index (κ3) is 3.24. The van der Waals surface area contributed by atoms with Gasteiger partial charge in [0.05, 0.1) is 17.6 Å². The molecule has 2 aromatic heterocycles. The molecule has 7 heteroatoms. The van der Waals surface area contributed by atoms with Crippen LogP contribution in [-0.4, -0.2) is 24.9 Å². The normalized spacial score (nSPS) is 11.1. The molecule has 2 aromatic rings. The van der Waals surface area contributed by atoms with Crippen molar-refractivity contribution in [3.8, 4) is 0 Å². The van der Waals surface area contributed by atoms with Gasteiger partial charge in [-0.3, -0.25) is 9.71 Å². The Bertz CT molecular complexity index is 684. The summed E-state index contributed by atoms with van der Waals surface area (Å²) in [6, 6.07) is 6.76. The number of hydrogen-bond acceptors (Lipinski definition) is 5. The van der Waals surface area contributed by atoms with E-state index in [0.29, 0.717) is 17.9 Å².